The van der Waals surface area contributed by atoms with Gasteiger partial charge in [0.05, 0.1) is 0 Å². The van der Waals surface area contributed by atoms with Gasteiger partial charge < -0.3 is 0 Å². The summed E-state index contributed by atoms with van der Waals surface area (Å²) in [5.74, 6) is 0.426. The molecule has 0 bridgehead atoms. The Labute approximate surface area is 320 Å². The quantitative estimate of drug-likeness (QED) is 0.159. The lowest BCUT2D eigenvalue weighted by atomic mass is 9.78. The molecule has 0 saturated heterocycles. The second-order valence-electron chi connectivity index (χ2n) is 14.7. The third kappa shape index (κ3) is 4.48. The molecule has 0 amide bonds. The minimum absolute atomic E-state index is 0.426. The van der Waals surface area contributed by atoms with Gasteiger partial charge in [0.15, 0.2) is 0 Å². The van der Waals surface area contributed by atoms with Crippen LogP contribution in [0.3, 0.4) is 0 Å². The molecule has 0 saturated carbocycles. The summed E-state index contributed by atoms with van der Waals surface area (Å²) in [5.41, 5.74) is 9.22. The minimum atomic E-state index is 0.426. The molecule has 10 aromatic rings. The Morgan fingerprint density at radius 2 is 1.04 bits per heavy atom. The summed E-state index contributed by atoms with van der Waals surface area (Å²) in [5, 5.41) is 13.4. The molecule has 0 radical (unpaired) electrons. The zero-order valence-electron chi connectivity index (χ0n) is 29.3. The Morgan fingerprint density at radius 1 is 0.426 bits per heavy atom. The Morgan fingerprint density at radius 3 is 1.80 bits per heavy atom. The van der Waals surface area contributed by atoms with Crippen molar-refractivity contribution in [3.8, 4) is 22.3 Å². The molecule has 1 atom stereocenters. The highest BCUT2D eigenvalue weighted by molar-refractivity contribution is 7.27. The lowest BCUT2D eigenvalue weighted by Crippen LogP contribution is -2.07. The van der Waals surface area contributed by atoms with E-state index in [1.807, 2.05) is 22.7 Å². The number of allylic oxidation sites excluding steroid dienone is 8. The maximum atomic E-state index is 2.45. The standard InChI is InChI=1S/C52H32S2/c1-2-11-33-28-37(21-20-31(33)10-1)49-40-16-5-3-14-38(40)48(39-15-4-6-17-41(39)49)36-13-9-12-34(29-36)35-24-25-45-43(30-35)52-47(54-45)27-23-32-22-26-46-51(50(32)52)42-18-7-8-19-44(42)53-46/h1-27,29-30,33H,28H2. The molecule has 0 nitrogen and oxygen atoms in total. The van der Waals surface area contributed by atoms with Crippen molar-refractivity contribution in [3.05, 3.63) is 187 Å². The van der Waals surface area contributed by atoms with Crippen LogP contribution in [-0.2, 0) is 0 Å². The highest BCUT2D eigenvalue weighted by atomic mass is 32.1. The molecule has 2 aliphatic rings. The van der Waals surface area contributed by atoms with Crippen LogP contribution < -0.4 is 0 Å². The molecular weight excluding hydrogens is 689 g/mol. The normalized spacial score (nSPS) is 15.6. The van der Waals surface area contributed by atoms with Crippen molar-refractivity contribution >= 4 is 101 Å². The number of rotatable bonds is 3. The van der Waals surface area contributed by atoms with Crippen molar-refractivity contribution in [3.63, 3.8) is 0 Å². The van der Waals surface area contributed by atoms with Gasteiger partial charge in [-0.05, 0) is 109 Å². The van der Waals surface area contributed by atoms with Crippen molar-refractivity contribution in [1.82, 2.24) is 0 Å². The van der Waals surface area contributed by atoms with Crippen molar-refractivity contribution in [2.24, 2.45) is 5.92 Å². The van der Waals surface area contributed by atoms with Crippen LogP contribution in [0, 0.1) is 5.92 Å². The van der Waals surface area contributed by atoms with E-state index in [0.29, 0.717) is 5.92 Å². The second kappa shape index (κ2) is 11.7. The van der Waals surface area contributed by atoms with E-state index >= 15 is 0 Å². The largest absolute Gasteiger partial charge is 0.135 e. The predicted molar refractivity (Wildman–Crippen MR) is 238 cm³/mol. The predicted octanol–water partition coefficient (Wildman–Crippen LogP) is 15.7. The van der Waals surface area contributed by atoms with Crippen LogP contribution in [0.2, 0.25) is 0 Å². The molecule has 2 aromatic heterocycles. The van der Waals surface area contributed by atoms with E-state index in [1.165, 1.54) is 112 Å². The van der Waals surface area contributed by atoms with Crippen molar-refractivity contribution in [2.45, 2.75) is 6.42 Å². The molecule has 2 aliphatic carbocycles. The summed E-state index contributed by atoms with van der Waals surface area (Å²) in [4.78, 5) is 0. The summed E-state index contributed by atoms with van der Waals surface area (Å²) in [6, 6.07) is 52.6. The minimum Gasteiger partial charge on any atom is -0.135 e. The first-order valence-electron chi connectivity index (χ1n) is 18.8. The Bertz CT molecular complexity index is 3300. The van der Waals surface area contributed by atoms with Crippen molar-refractivity contribution in [1.29, 1.82) is 0 Å². The van der Waals surface area contributed by atoms with Gasteiger partial charge in [-0.2, -0.15) is 0 Å². The SMILES string of the molecule is C1=CC2=CC=C(c3c4ccccc4c(-c4cccc(-c5ccc6sc7ccc8ccc9sc%10ccccc%10c9c8c7c6c5)c4)c4ccccc34)CC2C=C1. The molecule has 0 aliphatic heterocycles. The zero-order chi connectivity index (χ0) is 35.3. The van der Waals surface area contributed by atoms with Crippen LogP contribution in [0.4, 0.5) is 0 Å². The van der Waals surface area contributed by atoms with Crippen molar-refractivity contribution in [2.75, 3.05) is 0 Å². The number of hydrogen-bond donors (Lipinski definition) is 0. The van der Waals surface area contributed by atoms with Crippen LogP contribution in [0.15, 0.2) is 182 Å². The van der Waals surface area contributed by atoms with E-state index in [9.17, 15) is 0 Å². The Kier molecular flexibility index (Phi) is 6.60. The van der Waals surface area contributed by atoms with Gasteiger partial charge in [0.1, 0.15) is 0 Å². The first kappa shape index (κ1) is 30.4. The Hall–Kier alpha value is -6.06. The van der Waals surface area contributed by atoms with Crippen LogP contribution in [0.25, 0.3) is 100 Å². The zero-order valence-corrected chi connectivity index (χ0v) is 31.0. The molecule has 2 heterocycles. The lowest BCUT2D eigenvalue weighted by Gasteiger charge is -2.25. The monoisotopic (exact) mass is 720 g/mol. The highest BCUT2D eigenvalue weighted by Crippen LogP contribution is 2.48. The summed E-state index contributed by atoms with van der Waals surface area (Å²) in [6.45, 7) is 0. The first-order chi connectivity index (χ1) is 26.8. The van der Waals surface area contributed by atoms with Gasteiger partial charge >= 0.3 is 0 Å². The number of thiophene rings is 2. The van der Waals surface area contributed by atoms with E-state index in [1.54, 1.807) is 0 Å². The third-order valence-electron chi connectivity index (χ3n) is 11.8. The van der Waals surface area contributed by atoms with Gasteiger partial charge in [0.25, 0.3) is 0 Å². The second-order valence-corrected chi connectivity index (χ2v) is 16.9. The average molecular weight is 721 g/mol. The fourth-order valence-corrected chi connectivity index (χ4v) is 11.6. The highest BCUT2D eigenvalue weighted by Gasteiger charge is 2.23. The van der Waals surface area contributed by atoms with Gasteiger partial charge in [-0.3, -0.25) is 0 Å². The van der Waals surface area contributed by atoms with E-state index < -0.39 is 0 Å². The van der Waals surface area contributed by atoms with Gasteiger partial charge in [0, 0.05) is 51.6 Å². The fourth-order valence-electron chi connectivity index (χ4n) is 9.37. The maximum Gasteiger partial charge on any atom is 0.0362 e. The topological polar surface area (TPSA) is 0 Å². The Balaban J connectivity index is 1.06. The third-order valence-corrected chi connectivity index (χ3v) is 14.1. The van der Waals surface area contributed by atoms with E-state index in [4.69, 9.17) is 0 Å². The lowest BCUT2D eigenvalue weighted by molar-refractivity contribution is 0.794. The summed E-state index contributed by atoms with van der Waals surface area (Å²) >= 11 is 3.81. The summed E-state index contributed by atoms with van der Waals surface area (Å²) in [7, 11) is 0. The summed E-state index contributed by atoms with van der Waals surface area (Å²) in [6.07, 6.45) is 14.7. The maximum absolute atomic E-state index is 2.45. The molecule has 252 valence electrons. The van der Waals surface area contributed by atoms with E-state index in [2.05, 4.69) is 176 Å². The molecule has 0 N–H and O–H groups in total. The van der Waals surface area contributed by atoms with E-state index in [0.717, 1.165) is 6.42 Å². The van der Waals surface area contributed by atoms with Crippen LogP contribution in [0.1, 0.15) is 12.0 Å². The molecule has 0 spiro atoms. The molecule has 0 fully saturated rings. The van der Waals surface area contributed by atoms with Crippen LogP contribution >= 0.6 is 22.7 Å². The van der Waals surface area contributed by atoms with Gasteiger partial charge in [-0.15, -0.1) is 22.7 Å². The number of hydrogen-bond acceptors (Lipinski definition) is 2. The number of fused-ring (bicyclic) bond motifs is 12. The number of benzene rings is 8. The fraction of sp³-hybridized carbons (Fsp3) is 0.0385. The van der Waals surface area contributed by atoms with Gasteiger partial charge in [-0.25, -0.2) is 0 Å². The van der Waals surface area contributed by atoms with Crippen LogP contribution in [0.5, 0.6) is 0 Å². The smallest absolute Gasteiger partial charge is 0.0362 e. The first-order valence-corrected chi connectivity index (χ1v) is 20.4. The molecule has 8 aromatic carbocycles. The molecule has 12 rings (SSSR count). The molecular formula is C52H32S2. The average Bonchev–Trinajstić information content (AvgIpc) is 3.81. The van der Waals surface area contributed by atoms with Crippen LogP contribution in [-0.4, -0.2) is 0 Å². The van der Waals surface area contributed by atoms with Gasteiger partial charge in [0.2, 0.25) is 0 Å². The molecule has 2 heteroatoms. The molecule has 54 heavy (non-hydrogen) atoms. The van der Waals surface area contributed by atoms with Gasteiger partial charge in [-0.1, -0.05) is 140 Å². The summed E-state index contributed by atoms with van der Waals surface area (Å²) < 4.78 is 5.39. The molecule has 1 unspecified atom stereocenters. The van der Waals surface area contributed by atoms with Crippen molar-refractivity contribution < 1.29 is 0 Å². The van der Waals surface area contributed by atoms with E-state index in [-0.39, 0.29) is 0 Å².